The van der Waals surface area contributed by atoms with E-state index in [2.05, 4.69) is 3.77 Å². The molecule has 0 aliphatic rings. The van der Waals surface area contributed by atoms with Crippen LogP contribution in [0.3, 0.4) is 0 Å². The fourth-order valence-electron chi connectivity index (χ4n) is 1.60. The van der Waals surface area contributed by atoms with E-state index in [0.717, 1.165) is 11.8 Å². The number of hydrogen-bond donors (Lipinski definition) is 0. The van der Waals surface area contributed by atoms with Gasteiger partial charge in [0.25, 0.3) is 10.0 Å². The summed E-state index contributed by atoms with van der Waals surface area (Å²) in [5.41, 5.74) is 0.923. The first kappa shape index (κ1) is 15.5. The predicted octanol–water partition coefficient (Wildman–Crippen LogP) is 2.78. The van der Waals surface area contributed by atoms with Gasteiger partial charge < -0.3 is 4.18 Å². The van der Waals surface area contributed by atoms with Crippen molar-refractivity contribution in [2.24, 2.45) is 3.77 Å². The molecule has 0 saturated heterocycles. The summed E-state index contributed by atoms with van der Waals surface area (Å²) in [4.78, 5) is -0.0145. The molecular weight excluding hydrogens is 310 g/mol. The van der Waals surface area contributed by atoms with Gasteiger partial charge in [-0.2, -0.15) is 8.42 Å². The molecule has 0 bridgehead atoms. The number of hydrogen-bond acceptors (Lipinski definition) is 4. The number of nitrogens with zero attached hydrogens (tertiary/aromatic N) is 1. The topological polar surface area (TPSA) is 72.8 Å². The third-order valence-corrected chi connectivity index (χ3v) is 5.78. The maximum absolute atomic E-state index is 12.2. The summed E-state index contributed by atoms with van der Waals surface area (Å²) in [6.45, 7) is 1.84. The van der Waals surface area contributed by atoms with E-state index in [1.165, 1.54) is 12.1 Å². The smallest absolute Gasteiger partial charge is 0.292 e. The largest absolute Gasteiger partial charge is 0.395 e. The second-order valence-corrected chi connectivity index (χ2v) is 8.14. The summed E-state index contributed by atoms with van der Waals surface area (Å²) in [6.07, 6.45) is 1.14. The van der Waals surface area contributed by atoms with Crippen LogP contribution in [0.4, 0.5) is 0 Å². The quantitative estimate of drug-likeness (QED) is 0.866. The molecule has 1 unspecified atom stereocenters. The van der Waals surface area contributed by atoms with Crippen LogP contribution in [0.1, 0.15) is 5.56 Å². The number of para-hydroxylation sites is 1. The van der Waals surface area contributed by atoms with Gasteiger partial charge in [-0.25, -0.2) is 4.21 Å². The highest BCUT2D eigenvalue weighted by Crippen LogP contribution is 2.17. The Bertz CT molecular complexity index is 834. The minimum Gasteiger partial charge on any atom is -0.395 e. The van der Waals surface area contributed by atoms with Crippen LogP contribution in [-0.2, 0) is 20.0 Å². The lowest BCUT2D eigenvalue weighted by Gasteiger charge is -2.07. The van der Waals surface area contributed by atoms with Crippen molar-refractivity contribution in [3.05, 3.63) is 60.2 Å². The Hall–Kier alpha value is -1.86. The maximum atomic E-state index is 12.2. The fraction of sp³-hybridized carbons (Fsp3) is 0.143. The third kappa shape index (κ3) is 4.30. The molecule has 1 atom stereocenters. The maximum Gasteiger partial charge on any atom is 0.292 e. The van der Waals surface area contributed by atoms with Crippen LogP contribution in [0.5, 0.6) is 5.75 Å². The average molecular weight is 325 g/mol. The van der Waals surface area contributed by atoms with Crippen molar-refractivity contribution >= 4 is 20.0 Å². The van der Waals surface area contributed by atoms with Crippen LogP contribution in [0.25, 0.3) is 0 Å². The van der Waals surface area contributed by atoms with Gasteiger partial charge >= 0.3 is 0 Å². The normalized spacial score (nSPS) is 14.2. The number of aryl methyl sites for hydroxylation is 1. The molecule has 0 aromatic heterocycles. The van der Waals surface area contributed by atoms with E-state index < -0.39 is 20.0 Å². The molecule has 0 fully saturated rings. The van der Waals surface area contributed by atoms with Crippen molar-refractivity contribution in [2.75, 3.05) is 6.26 Å². The summed E-state index contributed by atoms with van der Waals surface area (Å²) in [7, 11) is -7.39. The SMILES string of the molecule is Cc1ccc(S(=O)(=O)N=S(C)(=O)Oc2ccccc2)cc1. The molecule has 0 radical (unpaired) electrons. The number of benzene rings is 2. The molecule has 2 aromatic carbocycles. The van der Waals surface area contributed by atoms with Crippen molar-refractivity contribution in [1.29, 1.82) is 0 Å². The monoisotopic (exact) mass is 325 g/mol. The van der Waals surface area contributed by atoms with Gasteiger partial charge in [0.1, 0.15) is 5.75 Å². The first-order chi connectivity index (χ1) is 9.78. The standard InChI is InChI=1S/C14H15NO4S2/c1-12-8-10-14(11-9-12)21(17,18)15-20(2,16)19-13-6-4-3-5-7-13/h3-11H,1-2H3. The van der Waals surface area contributed by atoms with Gasteiger partial charge in [0.05, 0.1) is 11.2 Å². The van der Waals surface area contributed by atoms with Gasteiger partial charge in [-0.15, -0.1) is 0 Å². The van der Waals surface area contributed by atoms with E-state index in [-0.39, 0.29) is 4.90 Å². The lowest BCUT2D eigenvalue weighted by atomic mass is 10.2. The van der Waals surface area contributed by atoms with Gasteiger partial charge in [-0.05, 0) is 31.2 Å². The van der Waals surface area contributed by atoms with E-state index in [4.69, 9.17) is 4.18 Å². The Kier molecular flexibility index (Phi) is 4.34. The van der Waals surface area contributed by atoms with Crippen LogP contribution in [0.2, 0.25) is 0 Å². The molecule has 0 amide bonds. The molecule has 0 saturated carbocycles. The van der Waals surface area contributed by atoms with Crippen LogP contribution in [0.15, 0.2) is 63.3 Å². The van der Waals surface area contributed by atoms with Gasteiger partial charge in [0.2, 0.25) is 10.0 Å². The van der Waals surface area contributed by atoms with Crippen molar-refractivity contribution in [2.45, 2.75) is 11.8 Å². The van der Waals surface area contributed by atoms with Gasteiger partial charge in [0.15, 0.2) is 0 Å². The van der Waals surface area contributed by atoms with Crippen LogP contribution in [-0.4, -0.2) is 18.9 Å². The fourth-order valence-corrected chi connectivity index (χ4v) is 4.44. The molecule has 21 heavy (non-hydrogen) atoms. The molecule has 2 rings (SSSR count). The molecular formula is C14H15NO4S2. The molecule has 0 heterocycles. The minimum atomic E-state index is -4.03. The summed E-state index contributed by atoms with van der Waals surface area (Å²) in [5, 5.41) is 0. The Morgan fingerprint density at radius 2 is 1.48 bits per heavy atom. The molecule has 0 aliphatic carbocycles. The molecule has 0 aliphatic heterocycles. The highest BCUT2D eigenvalue weighted by atomic mass is 32.3. The van der Waals surface area contributed by atoms with E-state index in [1.807, 2.05) is 6.92 Å². The van der Waals surface area contributed by atoms with E-state index in [9.17, 15) is 12.6 Å². The molecule has 0 spiro atoms. The lowest BCUT2D eigenvalue weighted by molar-refractivity contribution is 0.555. The van der Waals surface area contributed by atoms with Crippen molar-refractivity contribution in [3.63, 3.8) is 0 Å². The second kappa shape index (κ2) is 5.87. The summed E-state index contributed by atoms with van der Waals surface area (Å²) in [6, 6.07) is 14.5. The zero-order valence-electron chi connectivity index (χ0n) is 11.6. The highest BCUT2D eigenvalue weighted by Gasteiger charge is 2.17. The summed E-state index contributed by atoms with van der Waals surface area (Å²) < 4.78 is 45.1. The molecule has 112 valence electrons. The van der Waals surface area contributed by atoms with Crippen molar-refractivity contribution < 1.29 is 16.8 Å². The predicted molar refractivity (Wildman–Crippen MR) is 81.9 cm³/mol. The summed E-state index contributed by atoms with van der Waals surface area (Å²) in [5.74, 6) is 0.299. The van der Waals surface area contributed by atoms with Gasteiger partial charge in [-0.3, -0.25) is 0 Å². The highest BCUT2D eigenvalue weighted by molar-refractivity contribution is 8.00. The lowest BCUT2D eigenvalue weighted by Crippen LogP contribution is -2.10. The van der Waals surface area contributed by atoms with Crippen LogP contribution < -0.4 is 4.18 Å². The third-order valence-electron chi connectivity index (χ3n) is 2.55. The van der Waals surface area contributed by atoms with Crippen LogP contribution >= 0.6 is 0 Å². The second-order valence-electron chi connectivity index (χ2n) is 4.49. The molecule has 7 heteroatoms. The Labute approximate surface area is 125 Å². The number of rotatable bonds is 4. The molecule has 0 N–H and O–H groups in total. The minimum absolute atomic E-state index is 0.0145. The first-order valence-electron chi connectivity index (χ1n) is 6.08. The molecule has 2 aromatic rings. The van der Waals surface area contributed by atoms with Gasteiger partial charge in [0, 0.05) is 0 Å². The Morgan fingerprint density at radius 3 is 2.05 bits per heavy atom. The summed E-state index contributed by atoms with van der Waals surface area (Å²) >= 11 is 0. The average Bonchev–Trinajstić information content (AvgIpc) is 2.38. The van der Waals surface area contributed by atoms with Gasteiger partial charge in [-0.1, -0.05) is 39.7 Å². The van der Waals surface area contributed by atoms with Crippen LogP contribution in [0, 0.1) is 6.92 Å². The van der Waals surface area contributed by atoms with E-state index in [1.54, 1.807) is 42.5 Å². The Balaban J connectivity index is 2.36. The first-order valence-corrected chi connectivity index (χ1v) is 9.37. The number of sulfonamides is 1. The van der Waals surface area contributed by atoms with E-state index in [0.29, 0.717) is 5.75 Å². The van der Waals surface area contributed by atoms with E-state index >= 15 is 0 Å². The Morgan fingerprint density at radius 1 is 0.905 bits per heavy atom. The van der Waals surface area contributed by atoms with Crippen molar-refractivity contribution in [3.8, 4) is 5.75 Å². The zero-order chi connectivity index (χ0) is 15.5. The van der Waals surface area contributed by atoms with Crippen molar-refractivity contribution in [1.82, 2.24) is 0 Å². The molecule has 5 nitrogen and oxygen atoms in total. The zero-order valence-corrected chi connectivity index (χ0v) is 13.2.